The summed E-state index contributed by atoms with van der Waals surface area (Å²) in [5.41, 5.74) is 7.07. The number of allylic oxidation sites excluding steroid dienone is 1. The van der Waals surface area contributed by atoms with E-state index in [1.165, 1.54) is 16.8 Å². The van der Waals surface area contributed by atoms with E-state index in [0.29, 0.717) is 17.8 Å². The largest absolute Gasteiger partial charge is 0.241 e. The lowest BCUT2D eigenvalue weighted by molar-refractivity contribution is 0.608. The molecule has 1 aliphatic heterocycles. The lowest BCUT2D eigenvalue weighted by Crippen LogP contribution is -2.11. The minimum Gasteiger partial charge on any atom is -0.241 e. The summed E-state index contributed by atoms with van der Waals surface area (Å²) in [4.78, 5) is 18.7. The van der Waals surface area contributed by atoms with Crippen LogP contribution in [-0.2, 0) is 12.8 Å². The van der Waals surface area contributed by atoms with Crippen molar-refractivity contribution < 1.29 is 1.43 Å². The van der Waals surface area contributed by atoms with Crippen molar-refractivity contribution in [3.05, 3.63) is 52.7 Å². The molecule has 0 amide bonds. The van der Waals surface area contributed by atoms with Gasteiger partial charge in [0.15, 0.2) is 5.82 Å². The quantitative estimate of drug-likeness (QED) is 0.768. The highest BCUT2D eigenvalue weighted by atomic mass is 14.9. The topological polar surface area (TPSA) is 51.0 Å². The lowest BCUT2D eigenvalue weighted by atomic mass is 9.86. The van der Waals surface area contributed by atoms with Gasteiger partial charge in [-0.05, 0) is 30.4 Å². The van der Waals surface area contributed by atoms with Gasteiger partial charge in [-0.2, -0.15) is 0 Å². The van der Waals surface area contributed by atoms with Crippen LogP contribution in [0.5, 0.6) is 0 Å². The van der Waals surface area contributed by atoms with E-state index < -0.39 is 0 Å². The number of rotatable bonds is 4. The second kappa shape index (κ2) is 6.42. The Morgan fingerprint density at radius 1 is 1.15 bits per heavy atom. The molecule has 136 valence electrons. The highest BCUT2D eigenvalue weighted by Crippen LogP contribution is 2.41. The second-order valence-corrected chi connectivity index (χ2v) is 8.18. The van der Waals surface area contributed by atoms with Crippen molar-refractivity contribution in [2.24, 2.45) is 16.8 Å². The van der Waals surface area contributed by atoms with Crippen LogP contribution in [0.15, 0.2) is 29.5 Å². The third-order valence-corrected chi connectivity index (χ3v) is 5.24. The fourth-order valence-corrected chi connectivity index (χ4v) is 4.13. The van der Waals surface area contributed by atoms with Gasteiger partial charge in [0.05, 0.1) is 5.69 Å². The van der Waals surface area contributed by atoms with Crippen LogP contribution in [0.4, 0.5) is 5.82 Å². The minimum atomic E-state index is 0. The summed E-state index contributed by atoms with van der Waals surface area (Å²) in [6, 6.07) is 2.27. The molecule has 2 aromatic heterocycles. The van der Waals surface area contributed by atoms with Gasteiger partial charge < -0.3 is 0 Å². The van der Waals surface area contributed by atoms with Gasteiger partial charge in [0.1, 0.15) is 5.82 Å². The van der Waals surface area contributed by atoms with E-state index in [2.05, 4.69) is 61.7 Å². The van der Waals surface area contributed by atoms with Gasteiger partial charge in [0.2, 0.25) is 0 Å². The summed E-state index contributed by atoms with van der Waals surface area (Å²) in [5, 5.41) is 0. The zero-order valence-corrected chi connectivity index (χ0v) is 16.2. The molecule has 0 N–H and O–H groups in total. The smallest absolute Gasteiger partial charge is 0.155 e. The zero-order valence-electron chi connectivity index (χ0n) is 16.2. The Balaban J connectivity index is 0.00000210. The number of pyridine rings is 1. The molecule has 1 atom stereocenters. The monoisotopic (exact) mass is 348 g/mol. The molecule has 2 aliphatic rings. The van der Waals surface area contributed by atoms with Gasteiger partial charge in [-0.25, -0.2) is 19.9 Å². The molecule has 2 aromatic rings. The summed E-state index contributed by atoms with van der Waals surface area (Å²) >= 11 is 0. The van der Waals surface area contributed by atoms with E-state index in [1.54, 1.807) is 0 Å². The SMILES string of the molecule is CC1=Nc2ncc(C3=CCc4nc(CC(C)C)ncc43)cc2C1C(C)C.[HH]. The molecular formula is C22H28N4. The van der Waals surface area contributed by atoms with E-state index in [4.69, 9.17) is 4.98 Å². The Kier molecular flexibility index (Phi) is 4.22. The summed E-state index contributed by atoms with van der Waals surface area (Å²) in [7, 11) is 0. The van der Waals surface area contributed by atoms with E-state index in [0.717, 1.165) is 41.3 Å². The number of aromatic nitrogens is 3. The molecule has 0 bridgehead atoms. The molecular weight excluding hydrogens is 320 g/mol. The van der Waals surface area contributed by atoms with E-state index in [1.807, 2.05) is 12.4 Å². The third kappa shape index (κ3) is 2.87. The Hall–Kier alpha value is -2.36. The summed E-state index contributed by atoms with van der Waals surface area (Å²) in [6.07, 6.45) is 8.00. The summed E-state index contributed by atoms with van der Waals surface area (Å²) in [6.45, 7) is 11.0. The van der Waals surface area contributed by atoms with Crippen molar-refractivity contribution in [2.75, 3.05) is 0 Å². The van der Waals surface area contributed by atoms with Gasteiger partial charge in [-0.15, -0.1) is 0 Å². The lowest BCUT2D eigenvalue weighted by Gasteiger charge is -2.17. The fourth-order valence-electron chi connectivity index (χ4n) is 4.13. The summed E-state index contributed by atoms with van der Waals surface area (Å²) < 4.78 is 0. The minimum absolute atomic E-state index is 0. The Labute approximate surface area is 157 Å². The first-order chi connectivity index (χ1) is 12.4. The maximum atomic E-state index is 4.79. The van der Waals surface area contributed by atoms with Gasteiger partial charge in [0, 0.05) is 55.0 Å². The standard InChI is InChI=1S/C22H26N4.H2/c1-12(2)8-20-23-11-18-16(6-7-19(18)26-20)15-9-17-21(13(3)4)14(5)25-22(17)24-10-15;/h6,9-13,21H,7-8H2,1-5H3;1H. The van der Waals surface area contributed by atoms with E-state index in [-0.39, 0.29) is 1.43 Å². The molecule has 4 heteroatoms. The van der Waals surface area contributed by atoms with Crippen LogP contribution in [0.25, 0.3) is 5.57 Å². The normalized spacial score (nSPS) is 18.2. The molecule has 0 radical (unpaired) electrons. The average molecular weight is 348 g/mol. The Bertz CT molecular complexity index is 928. The van der Waals surface area contributed by atoms with Crippen molar-refractivity contribution in [2.45, 2.75) is 53.4 Å². The van der Waals surface area contributed by atoms with Gasteiger partial charge >= 0.3 is 0 Å². The van der Waals surface area contributed by atoms with Crippen LogP contribution in [0.2, 0.25) is 0 Å². The first kappa shape index (κ1) is 17.1. The average Bonchev–Trinajstić information content (AvgIpc) is 3.12. The van der Waals surface area contributed by atoms with Crippen LogP contribution in [0.1, 0.15) is 70.2 Å². The highest BCUT2D eigenvalue weighted by molar-refractivity contribution is 5.96. The van der Waals surface area contributed by atoms with Crippen LogP contribution < -0.4 is 0 Å². The van der Waals surface area contributed by atoms with Crippen molar-refractivity contribution in [3.8, 4) is 0 Å². The Morgan fingerprint density at radius 2 is 1.96 bits per heavy atom. The molecule has 1 unspecified atom stereocenters. The number of nitrogens with zero attached hydrogens (tertiary/aromatic N) is 4. The first-order valence-corrected chi connectivity index (χ1v) is 9.55. The molecule has 0 saturated carbocycles. The number of aliphatic imine (C=N–C) groups is 1. The van der Waals surface area contributed by atoms with Crippen LogP contribution in [0.3, 0.4) is 0 Å². The Morgan fingerprint density at radius 3 is 2.69 bits per heavy atom. The van der Waals surface area contributed by atoms with Crippen LogP contribution in [0, 0.1) is 11.8 Å². The fraction of sp³-hybridized carbons (Fsp3) is 0.455. The second-order valence-electron chi connectivity index (χ2n) is 8.18. The third-order valence-electron chi connectivity index (χ3n) is 5.24. The van der Waals surface area contributed by atoms with Crippen molar-refractivity contribution in [1.29, 1.82) is 0 Å². The molecule has 26 heavy (non-hydrogen) atoms. The van der Waals surface area contributed by atoms with Crippen molar-refractivity contribution >= 4 is 17.1 Å². The molecule has 0 spiro atoms. The number of hydrogen-bond donors (Lipinski definition) is 0. The van der Waals surface area contributed by atoms with Gasteiger partial charge in [-0.3, -0.25) is 0 Å². The molecule has 0 saturated heterocycles. The number of hydrogen-bond acceptors (Lipinski definition) is 4. The van der Waals surface area contributed by atoms with Crippen molar-refractivity contribution in [1.82, 2.24) is 15.0 Å². The molecule has 4 rings (SSSR count). The molecule has 0 aromatic carbocycles. The predicted molar refractivity (Wildman–Crippen MR) is 108 cm³/mol. The van der Waals surface area contributed by atoms with Gasteiger partial charge in [-0.1, -0.05) is 33.8 Å². The first-order valence-electron chi connectivity index (χ1n) is 9.55. The zero-order chi connectivity index (χ0) is 18.4. The van der Waals surface area contributed by atoms with E-state index in [9.17, 15) is 0 Å². The van der Waals surface area contributed by atoms with Crippen LogP contribution >= 0.6 is 0 Å². The summed E-state index contributed by atoms with van der Waals surface area (Å²) in [5.74, 6) is 3.28. The van der Waals surface area contributed by atoms with Gasteiger partial charge in [0.25, 0.3) is 0 Å². The molecule has 1 aliphatic carbocycles. The number of fused-ring (bicyclic) bond motifs is 2. The van der Waals surface area contributed by atoms with Crippen LogP contribution in [-0.4, -0.2) is 20.7 Å². The maximum Gasteiger partial charge on any atom is 0.155 e. The molecule has 3 heterocycles. The predicted octanol–water partition coefficient (Wildman–Crippen LogP) is 5.15. The van der Waals surface area contributed by atoms with Crippen molar-refractivity contribution in [3.63, 3.8) is 0 Å². The maximum absolute atomic E-state index is 4.79. The molecule has 0 fully saturated rings. The molecule has 4 nitrogen and oxygen atoms in total. The van der Waals surface area contributed by atoms with E-state index >= 15 is 0 Å². The highest BCUT2D eigenvalue weighted by Gasteiger charge is 2.29.